The molecule has 7 heteroatoms. The molecule has 1 aromatic carbocycles. The minimum Gasteiger partial charge on any atom is -0.481 e. The van der Waals surface area contributed by atoms with Crippen molar-refractivity contribution in [2.75, 3.05) is 5.32 Å². The van der Waals surface area contributed by atoms with Gasteiger partial charge in [-0.05, 0) is 17.7 Å². The fraction of sp³-hybridized carbons (Fsp3) is 0.0714. The number of hydrogen-bond acceptors (Lipinski definition) is 3. The molecule has 0 fully saturated rings. The fourth-order valence-electron chi connectivity index (χ4n) is 1.74. The molecule has 1 aromatic heterocycles. The third-order valence-corrected chi connectivity index (χ3v) is 2.70. The van der Waals surface area contributed by atoms with Gasteiger partial charge in [-0.3, -0.25) is 9.59 Å². The van der Waals surface area contributed by atoms with Crippen LogP contribution in [0, 0.1) is 11.8 Å². The summed E-state index contributed by atoms with van der Waals surface area (Å²) in [6, 6.07) is 7.23. The smallest absolute Gasteiger partial charge is 0.307 e. The van der Waals surface area contributed by atoms with Crippen LogP contribution in [-0.4, -0.2) is 22.0 Å². The molecular formula is C14H10F2N2O3. The predicted octanol–water partition coefficient (Wildman–Crippen LogP) is 2.24. The highest BCUT2D eigenvalue weighted by Gasteiger charge is 2.17. The van der Waals surface area contributed by atoms with Gasteiger partial charge in [0.15, 0.2) is 5.82 Å². The van der Waals surface area contributed by atoms with E-state index >= 15 is 0 Å². The standard InChI is InChI=1S/C14H10F2N2O3/c15-12-9(5-6-17-13(12)16)14(21)18-10-4-2-1-3-8(10)7-11(19)20/h1-6H,7H2,(H,18,21)(H,19,20). The number of carbonyl (C=O) groups excluding carboxylic acids is 1. The Bertz CT molecular complexity index is 704. The molecule has 0 unspecified atom stereocenters. The van der Waals surface area contributed by atoms with E-state index in [1.165, 1.54) is 12.1 Å². The van der Waals surface area contributed by atoms with Crippen LogP contribution < -0.4 is 5.32 Å². The highest BCUT2D eigenvalue weighted by atomic mass is 19.2. The number of aliphatic carboxylic acids is 1. The van der Waals surface area contributed by atoms with Crippen LogP contribution in [0.1, 0.15) is 15.9 Å². The summed E-state index contributed by atoms with van der Waals surface area (Å²) in [5.41, 5.74) is 0.0717. The van der Waals surface area contributed by atoms with Crippen LogP contribution in [-0.2, 0) is 11.2 Å². The van der Waals surface area contributed by atoms with Crippen LogP contribution >= 0.6 is 0 Å². The number of nitrogens with one attached hydrogen (secondary N) is 1. The van der Waals surface area contributed by atoms with Crippen LogP contribution in [0.15, 0.2) is 36.5 Å². The minimum atomic E-state index is -1.37. The summed E-state index contributed by atoms with van der Waals surface area (Å²) in [4.78, 5) is 25.8. The molecule has 0 aliphatic heterocycles. The maximum Gasteiger partial charge on any atom is 0.307 e. The Morgan fingerprint density at radius 3 is 2.62 bits per heavy atom. The Hall–Kier alpha value is -2.83. The van der Waals surface area contributed by atoms with E-state index in [1.54, 1.807) is 12.1 Å². The van der Waals surface area contributed by atoms with Gasteiger partial charge in [0.05, 0.1) is 12.0 Å². The van der Waals surface area contributed by atoms with E-state index in [1.807, 2.05) is 0 Å². The number of carboxylic acids is 1. The average Bonchev–Trinajstić information content (AvgIpc) is 2.43. The Morgan fingerprint density at radius 2 is 1.90 bits per heavy atom. The van der Waals surface area contributed by atoms with Gasteiger partial charge in [-0.2, -0.15) is 4.39 Å². The van der Waals surface area contributed by atoms with E-state index in [4.69, 9.17) is 5.11 Å². The summed E-state index contributed by atoms with van der Waals surface area (Å²) in [7, 11) is 0. The lowest BCUT2D eigenvalue weighted by atomic mass is 10.1. The second-order valence-electron chi connectivity index (χ2n) is 4.15. The zero-order valence-electron chi connectivity index (χ0n) is 10.6. The van der Waals surface area contributed by atoms with Crippen LogP contribution in [0.25, 0.3) is 0 Å². The molecule has 0 aliphatic rings. The summed E-state index contributed by atoms with van der Waals surface area (Å²) in [5, 5.41) is 11.2. The number of halogens is 2. The number of carbonyl (C=O) groups is 2. The average molecular weight is 292 g/mol. The van der Waals surface area contributed by atoms with Gasteiger partial charge in [0.1, 0.15) is 0 Å². The summed E-state index contributed by atoms with van der Waals surface area (Å²) < 4.78 is 26.5. The second-order valence-corrected chi connectivity index (χ2v) is 4.15. The molecule has 2 N–H and O–H groups in total. The summed E-state index contributed by atoms with van der Waals surface area (Å²) in [6.07, 6.45) is 0.667. The SMILES string of the molecule is O=C(O)Cc1ccccc1NC(=O)c1ccnc(F)c1F. The molecule has 0 spiro atoms. The topological polar surface area (TPSA) is 79.3 Å². The Kier molecular flexibility index (Phi) is 4.22. The Morgan fingerprint density at radius 1 is 1.19 bits per heavy atom. The number of aromatic nitrogens is 1. The molecular weight excluding hydrogens is 282 g/mol. The summed E-state index contributed by atoms with van der Waals surface area (Å²) in [6.45, 7) is 0. The van der Waals surface area contributed by atoms with E-state index in [0.29, 0.717) is 5.56 Å². The van der Waals surface area contributed by atoms with Crippen LogP contribution in [0.3, 0.4) is 0 Å². The molecule has 2 rings (SSSR count). The van der Waals surface area contributed by atoms with Crippen molar-refractivity contribution in [2.24, 2.45) is 0 Å². The number of anilines is 1. The molecule has 1 amide bonds. The molecule has 2 aromatic rings. The zero-order valence-corrected chi connectivity index (χ0v) is 10.6. The predicted molar refractivity (Wildman–Crippen MR) is 69.9 cm³/mol. The van der Waals surface area contributed by atoms with E-state index in [9.17, 15) is 18.4 Å². The quantitative estimate of drug-likeness (QED) is 0.847. The lowest BCUT2D eigenvalue weighted by Gasteiger charge is -2.10. The maximum absolute atomic E-state index is 13.5. The van der Waals surface area contributed by atoms with Crippen molar-refractivity contribution in [3.05, 3.63) is 59.4 Å². The van der Waals surface area contributed by atoms with Crippen molar-refractivity contribution in [2.45, 2.75) is 6.42 Å². The van der Waals surface area contributed by atoms with Crippen molar-refractivity contribution in [1.29, 1.82) is 0 Å². The number of para-hydroxylation sites is 1. The van der Waals surface area contributed by atoms with Crippen molar-refractivity contribution >= 4 is 17.6 Å². The van der Waals surface area contributed by atoms with E-state index in [2.05, 4.69) is 10.3 Å². The van der Waals surface area contributed by atoms with Gasteiger partial charge in [0, 0.05) is 11.9 Å². The molecule has 0 bridgehead atoms. The largest absolute Gasteiger partial charge is 0.481 e. The first-order valence-electron chi connectivity index (χ1n) is 5.90. The van der Waals surface area contributed by atoms with Gasteiger partial charge < -0.3 is 10.4 Å². The van der Waals surface area contributed by atoms with Crippen LogP contribution in [0.5, 0.6) is 0 Å². The van der Waals surface area contributed by atoms with Crippen LogP contribution in [0.2, 0.25) is 0 Å². The number of nitrogens with zero attached hydrogens (tertiary/aromatic N) is 1. The normalized spacial score (nSPS) is 10.2. The third kappa shape index (κ3) is 3.38. The summed E-state index contributed by atoms with van der Waals surface area (Å²) in [5.74, 6) is -4.68. The van der Waals surface area contributed by atoms with Gasteiger partial charge in [-0.15, -0.1) is 0 Å². The van der Waals surface area contributed by atoms with Crippen molar-refractivity contribution in [3.8, 4) is 0 Å². The van der Waals surface area contributed by atoms with E-state index in [-0.39, 0.29) is 12.1 Å². The second kappa shape index (κ2) is 6.08. The molecule has 108 valence electrons. The Labute approximate surface area is 118 Å². The van der Waals surface area contributed by atoms with Crippen molar-refractivity contribution in [1.82, 2.24) is 4.98 Å². The molecule has 0 aliphatic carbocycles. The minimum absolute atomic E-state index is 0.224. The molecule has 5 nitrogen and oxygen atoms in total. The zero-order chi connectivity index (χ0) is 15.4. The lowest BCUT2D eigenvalue weighted by Crippen LogP contribution is -2.16. The molecule has 0 saturated heterocycles. The highest BCUT2D eigenvalue weighted by Crippen LogP contribution is 2.18. The van der Waals surface area contributed by atoms with Gasteiger partial charge in [0.2, 0.25) is 5.95 Å². The van der Waals surface area contributed by atoms with E-state index < -0.39 is 29.2 Å². The molecule has 0 radical (unpaired) electrons. The van der Waals surface area contributed by atoms with Crippen LogP contribution in [0.4, 0.5) is 14.5 Å². The number of benzene rings is 1. The molecule has 1 heterocycles. The molecule has 0 saturated carbocycles. The number of pyridine rings is 1. The van der Waals surface area contributed by atoms with Gasteiger partial charge in [-0.1, -0.05) is 18.2 Å². The first-order valence-corrected chi connectivity index (χ1v) is 5.90. The molecule has 21 heavy (non-hydrogen) atoms. The third-order valence-electron chi connectivity index (χ3n) is 2.70. The van der Waals surface area contributed by atoms with Gasteiger partial charge in [-0.25, -0.2) is 9.37 Å². The van der Waals surface area contributed by atoms with E-state index in [0.717, 1.165) is 12.3 Å². The van der Waals surface area contributed by atoms with Gasteiger partial charge in [0.25, 0.3) is 5.91 Å². The lowest BCUT2D eigenvalue weighted by molar-refractivity contribution is -0.136. The monoisotopic (exact) mass is 292 g/mol. The summed E-state index contributed by atoms with van der Waals surface area (Å²) >= 11 is 0. The van der Waals surface area contributed by atoms with Gasteiger partial charge >= 0.3 is 5.97 Å². The van der Waals surface area contributed by atoms with Crippen molar-refractivity contribution in [3.63, 3.8) is 0 Å². The number of amides is 1. The molecule has 0 atom stereocenters. The number of hydrogen-bond donors (Lipinski definition) is 2. The highest BCUT2D eigenvalue weighted by molar-refractivity contribution is 6.05. The number of rotatable bonds is 4. The first-order chi connectivity index (χ1) is 9.99. The number of carboxylic acid groups (broad SMARTS) is 1. The Balaban J connectivity index is 2.28. The first kappa shape index (κ1) is 14.6. The fourth-order valence-corrected chi connectivity index (χ4v) is 1.74. The maximum atomic E-state index is 13.5. The van der Waals surface area contributed by atoms with Crippen molar-refractivity contribution < 1.29 is 23.5 Å².